The molecule has 5 heteroatoms. The molecule has 3 rings (SSSR count). The summed E-state index contributed by atoms with van der Waals surface area (Å²) in [7, 11) is 0. The lowest BCUT2D eigenvalue weighted by molar-refractivity contribution is 0.527. The first-order chi connectivity index (χ1) is 9.63. The Balaban J connectivity index is 1.64. The van der Waals surface area contributed by atoms with E-state index >= 15 is 0 Å². The fraction of sp³-hybridized carbons (Fsp3) is 0.733. The Morgan fingerprint density at radius 3 is 2.75 bits per heavy atom. The Kier molecular flexibility index (Phi) is 4.15. The molecule has 2 atom stereocenters. The van der Waals surface area contributed by atoms with E-state index in [4.69, 9.17) is 0 Å². The minimum atomic E-state index is -0.0123. The normalized spacial score (nSPS) is 25.9. The predicted molar refractivity (Wildman–Crippen MR) is 83.9 cm³/mol. The van der Waals surface area contributed by atoms with E-state index in [0.29, 0.717) is 10.4 Å². The summed E-state index contributed by atoms with van der Waals surface area (Å²) in [5, 5.41) is 7.68. The van der Waals surface area contributed by atoms with Gasteiger partial charge in [-0.15, -0.1) is 0 Å². The van der Waals surface area contributed by atoms with Gasteiger partial charge in [-0.3, -0.25) is 4.79 Å². The summed E-state index contributed by atoms with van der Waals surface area (Å²) in [4.78, 5) is 12.2. The summed E-state index contributed by atoms with van der Waals surface area (Å²) in [6.07, 6.45) is 8.15. The van der Waals surface area contributed by atoms with Crippen LogP contribution in [-0.2, 0) is 6.54 Å². The quantitative estimate of drug-likeness (QED) is 0.895. The molecular formula is C15H22BrN3O. The fourth-order valence-electron chi connectivity index (χ4n) is 3.03. The van der Waals surface area contributed by atoms with Crippen LogP contribution in [0.4, 0.5) is 5.69 Å². The zero-order valence-electron chi connectivity index (χ0n) is 11.9. The maximum absolute atomic E-state index is 12.2. The van der Waals surface area contributed by atoms with Crippen LogP contribution in [-0.4, -0.2) is 16.3 Å². The third kappa shape index (κ3) is 3.25. The van der Waals surface area contributed by atoms with E-state index in [1.54, 1.807) is 10.9 Å². The van der Waals surface area contributed by atoms with Gasteiger partial charge >= 0.3 is 0 Å². The van der Waals surface area contributed by atoms with Crippen molar-refractivity contribution in [3.8, 4) is 0 Å². The third-order valence-electron chi connectivity index (χ3n) is 4.50. The highest BCUT2D eigenvalue weighted by Gasteiger charge is 2.24. The van der Waals surface area contributed by atoms with E-state index in [9.17, 15) is 4.79 Å². The number of anilines is 1. The summed E-state index contributed by atoms with van der Waals surface area (Å²) in [5.41, 5.74) is 0.822. The molecule has 1 heterocycles. The highest BCUT2D eigenvalue weighted by Crippen LogP contribution is 2.31. The Labute approximate surface area is 128 Å². The Morgan fingerprint density at radius 1 is 1.35 bits per heavy atom. The first-order valence-corrected chi connectivity index (χ1v) is 8.42. The van der Waals surface area contributed by atoms with Crippen molar-refractivity contribution >= 4 is 21.6 Å². The van der Waals surface area contributed by atoms with Crippen LogP contribution in [0.2, 0.25) is 0 Å². The van der Waals surface area contributed by atoms with Crippen LogP contribution in [0.1, 0.15) is 39.0 Å². The molecule has 4 nitrogen and oxygen atoms in total. The second-order valence-electron chi connectivity index (χ2n) is 6.47. The lowest BCUT2D eigenvalue weighted by Crippen LogP contribution is -2.26. The Morgan fingerprint density at radius 2 is 2.10 bits per heavy atom. The van der Waals surface area contributed by atoms with Gasteiger partial charge in [0.1, 0.15) is 4.47 Å². The summed E-state index contributed by atoms with van der Waals surface area (Å²) in [6, 6.07) is 0. The summed E-state index contributed by atoms with van der Waals surface area (Å²) in [5.74, 6) is 2.23. The number of hydrogen-bond donors (Lipinski definition) is 1. The molecule has 0 aromatic carbocycles. The highest BCUT2D eigenvalue weighted by atomic mass is 79.9. The number of nitrogens with zero attached hydrogens (tertiary/aromatic N) is 2. The predicted octanol–water partition coefficient (Wildman–Crippen LogP) is 3.26. The number of aromatic nitrogens is 2. The molecule has 0 radical (unpaired) electrons. The van der Waals surface area contributed by atoms with Crippen LogP contribution in [0.15, 0.2) is 15.5 Å². The number of hydrogen-bond acceptors (Lipinski definition) is 3. The van der Waals surface area contributed by atoms with E-state index in [1.165, 1.54) is 32.1 Å². The molecule has 0 amide bonds. The molecule has 0 aliphatic heterocycles. The van der Waals surface area contributed by atoms with Gasteiger partial charge in [0.05, 0.1) is 11.9 Å². The largest absolute Gasteiger partial charge is 0.382 e. The average Bonchev–Trinajstić information content (AvgIpc) is 3.15. The van der Waals surface area contributed by atoms with Crippen molar-refractivity contribution in [1.29, 1.82) is 0 Å². The number of nitrogens with one attached hydrogen (secondary N) is 1. The number of halogens is 1. The van der Waals surface area contributed by atoms with Gasteiger partial charge in [-0.2, -0.15) is 5.10 Å². The van der Waals surface area contributed by atoms with E-state index in [-0.39, 0.29) is 5.56 Å². The first-order valence-electron chi connectivity index (χ1n) is 7.63. The molecule has 2 fully saturated rings. The SMILES string of the molecule is CC1CCC(CNc2cnn(CC3CC3)c(=O)c2Br)C1. The minimum Gasteiger partial charge on any atom is -0.382 e. The molecule has 2 aliphatic carbocycles. The molecule has 20 heavy (non-hydrogen) atoms. The second-order valence-corrected chi connectivity index (χ2v) is 7.26. The third-order valence-corrected chi connectivity index (χ3v) is 5.26. The van der Waals surface area contributed by atoms with Crippen LogP contribution in [0.25, 0.3) is 0 Å². The van der Waals surface area contributed by atoms with Gasteiger partial charge in [-0.05, 0) is 59.4 Å². The molecule has 110 valence electrons. The van der Waals surface area contributed by atoms with Crippen LogP contribution in [0.5, 0.6) is 0 Å². The molecule has 0 saturated heterocycles. The maximum atomic E-state index is 12.2. The van der Waals surface area contributed by atoms with E-state index in [0.717, 1.165) is 30.6 Å². The van der Waals surface area contributed by atoms with Gasteiger partial charge in [0.15, 0.2) is 0 Å². The van der Waals surface area contributed by atoms with Crippen LogP contribution >= 0.6 is 15.9 Å². The van der Waals surface area contributed by atoms with Crippen molar-refractivity contribution < 1.29 is 0 Å². The van der Waals surface area contributed by atoms with Gasteiger partial charge in [-0.1, -0.05) is 13.3 Å². The first kappa shape index (κ1) is 14.1. The molecule has 1 aromatic heterocycles. The van der Waals surface area contributed by atoms with Crippen molar-refractivity contribution in [3.63, 3.8) is 0 Å². The zero-order chi connectivity index (χ0) is 14.1. The standard InChI is InChI=1S/C15H22BrN3O/c1-10-2-3-12(6-10)7-17-13-8-18-19(9-11-4-5-11)15(20)14(13)16/h8,10-12,17H,2-7,9H2,1H3. The molecule has 1 N–H and O–H groups in total. The lowest BCUT2D eigenvalue weighted by Gasteiger charge is -2.14. The smallest absolute Gasteiger partial charge is 0.283 e. The highest BCUT2D eigenvalue weighted by molar-refractivity contribution is 9.10. The van der Waals surface area contributed by atoms with Crippen molar-refractivity contribution in [3.05, 3.63) is 21.0 Å². The monoisotopic (exact) mass is 339 g/mol. The maximum Gasteiger partial charge on any atom is 0.283 e. The van der Waals surface area contributed by atoms with Crippen LogP contribution < -0.4 is 10.9 Å². The molecule has 0 spiro atoms. The Bertz CT molecular complexity index is 538. The van der Waals surface area contributed by atoms with E-state index < -0.39 is 0 Å². The van der Waals surface area contributed by atoms with Gasteiger partial charge < -0.3 is 5.32 Å². The topological polar surface area (TPSA) is 46.9 Å². The summed E-state index contributed by atoms with van der Waals surface area (Å²) < 4.78 is 2.21. The molecule has 2 unspecified atom stereocenters. The van der Waals surface area contributed by atoms with Crippen LogP contribution in [0.3, 0.4) is 0 Å². The minimum absolute atomic E-state index is 0.0123. The van der Waals surface area contributed by atoms with E-state index in [2.05, 4.69) is 33.3 Å². The second kappa shape index (κ2) is 5.88. The van der Waals surface area contributed by atoms with E-state index in [1.807, 2.05) is 0 Å². The zero-order valence-corrected chi connectivity index (χ0v) is 13.5. The van der Waals surface area contributed by atoms with Crippen LogP contribution in [0, 0.1) is 17.8 Å². The van der Waals surface area contributed by atoms with Gasteiger partial charge in [-0.25, -0.2) is 4.68 Å². The number of rotatable bonds is 5. The summed E-state index contributed by atoms with van der Waals surface area (Å²) >= 11 is 3.43. The molecular weight excluding hydrogens is 318 g/mol. The molecule has 1 aromatic rings. The lowest BCUT2D eigenvalue weighted by atomic mass is 10.1. The molecule has 0 bridgehead atoms. The average molecular weight is 340 g/mol. The van der Waals surface area contributed by atoms with Gasteiger partial charge in [0.2, 0.25) is 0 Å². The molecule has 2 saturated carbocycles. The summed E-state index contributed by atoms with van der Waals surface area (Å²) in [6.45, 7) is 4.02. The van der Waals surface area contributed by atoms with Crippen molar-refractivity contribution in [1.82, 2.24) is 9.78 Å². The molecule has 2 aliphatic rings. The van der Waals surface area contributed by atoms with Gasteiger partial charge in [0.25, 0.3) is 5.56 Å². The van der Waals surface area contributed by atoms with Gasteiger partial charge in [0, 0.05) is 13.1 Å². The van der Waals surface area contributed by atoms with Crippen molar-refractivity contribution in [2.45, 2.75) is 45.6 Å². The van der Waals surface area contributed by atoms with Crippen molar-refractivity contribution in [2.75, 3.05) is 11.9 Å². The fourth-order valence-corrected chi connectivity index (χ4v) is 3.48. The van der Waals surface area contributed by atoms with Crippen molar-refractivity contribution in [2.24, 2.45) is 17.8 Å². The Hall–Kier alpha value is -0.840.